The van der Waals surface area contributed by atoms with E-state index in [0.717, 1.165) is 26.4 Å². The van der Waals surface area contributed by atoms with Gasteiger partial charge in [-0.3, -0.25) is 14.5 Å². The van der Waals surface area contributed by atoms with Crippen LogP contribution in [0.2, 0.25) is 0 Å². The molecule has 0 saturated carbocycles. The quantitative estimate of drug-likeness (QED) is 0.306. The lowest BCUT2D eigenvalue weighted by molar-refractivity contribution is -0.117. The molecule has 1 unspecified atom stereocenters. The topological polar surface area (TPSA) is 92.6 Å². The van der Waals surface area contributed by atoms with Gasteiger partial charge in [0.05, 0.1) is 44.0 Å². The Morgan fingerprint density at radius 3 is 2.58 bits per heavy atom. The van der Waals surface area contributed by atoms with Crippen LogP contribution in [0.1, 0.15) is 50.0 Å². The molecule has 0 saturated heterocycles. The number of amides is 1. The molecule has 1 aliphatic heterocycles. The highest BCUT2D eigenvalue weighted by atomic mass is 32.1. The number of aromatic nitrogens is 2. The summed E-state index contributed by atoms with van der Waals surface area (Å²) in [5.74, 6) is -1.02. The highest BCUT2D eigenvalue weighted by Crippen LogP contribution is 2.45. The first kappa shape index (κ1) is 24.1. The lowest BCUT2D eigenvalue weighted by Crippen LogP contribution is -2.31. The maximum Gasteiger partial charge on any atom is 0.296 e. The van der Waals surface area contributed by atoms with Gasteiger partial charge in [-0.1, -0.05) is 29.5 Å². The fourth-order valence-corrected chi connectivity index (χ4v) is 6.66. The van der Waals surface area contributed by atoms with Crippen molar-refractivity contribution in [2.24, 2.45) is 0 Å². The van der Waals surface area contributed by atoms with Crippen LogP contribution in [0.15, 0.2) is 47.7 Å². The number of carbonyl (C=O) groups excluding carboxylic acids is 2. The van der Waals surface area contributed by atoms with Gasteiger partial charge in [0.25, 0.3) is 5.91 Å². The van der Waals surface area contributed by atoms with Crippen molar-refractivity contribution in [2.75, 3.05) is 11.5 Å². The number of aliphatic hydroxyl groups excluding tert-OH is 1. The summed E-state index contributed by atoms with van der Waals surface area (Å²) in [5, 5.41) is 12.3. The number of hydrogen-bond donors (Lipinski definition) is 1. The van der Waals surface area contributed by atoms with Gasteiger partial charge >= 0.3 is 0 Å². The SMILES string of the molecule is CCOc1cccc(C2C(C(=O)c3sc(C)nc3C)=C(O)C(=O)N2c2nc3c(C)cc(C)cc3s2)c1. The van der Waals surface area contributed by atoms with Crippen molar-refractivity contribution in [1.29, 1.82) is 0 Å². The fourth-order valence-electron chi connectivity index (χ4n) is 4.62. The zero-order valence-corrected chi connectivity index (χ0v) is 22.2. The average Bonchev–Trinajstić information content (AvgIpc) is 3.47. The van der Waals surface area contributed by atoms with Crippen LogP contribution in [0.4, 0.5) is 5.13 Å². The van der Waals surface area contributed by atoms with E-state index >= 15 is 0 Å². The summed E-state index contributed by atoms with van der Waals surface area (Å²) in [7, 11) is 0. The molecule has 36 heavy (non-hydrogen) atoms. The van der Waals surface area contributed by atoms with Crippen molar-refractivity contribution >= 4 is 49.7 Å². The molecule has 0 bridgehead atoms. The molecule has 1 amide bonds. The number of aliphatic hydroxyl groups is 1. The molecule has 2 aromatic heterocycles. The third-order valence-corrected chi connectivity index (χ3v) is 8.15. The summed E-state index contributed by atoms with van der Waals surface area (Å²) in [6.07, 6.45) is 0. The van der Waals surface area contributed by atoms with Crippen molar-refractivity contribution in [3.05, 3.63) is 80.0 Å². The van der Waals surface area contributed by atoms with Gasteiger partial charge in [-0.2, -0.15) is 0 Å². The molecule has 4 aromatic rings. The van der Waals surface area contributed by atoms with Crippen molar-refractivity contribution in [3.63, 3.8) is 0 Å². The number of ether oxygens (including phenoxy) is 1. The van der Waals surface area contributed by atoms with Crippen LogP contribution in [0.5, 0.6) is 5.75 Å². The number of aryl methyl sites for hydroxylation is 4. The highest BCUT2D eigenvalue weighted by molar-refractivity contribution is 7.22. The largest absolute Gasteiger partial charge is 0.503 e. The molecule has 7 nitrogen and oxygen atoms in total. The predicted molar refractivity (Wildman–Crippen MR) is 143 cm³/mol. The van der Waals surface area contributed by atoms with E-state index in [4.69, 9.17) is 9.72 Å². The van der Waals surface area contributed by atoms with Gasteiger partial charge in [-0.15, -0.1) is 11.3 Å². The molecule has 0 radical (unpaired) electrons. The first-order valence-electron chi connectivity index (χ1n) is 11.6. The Morgan fingerprint density at radius 2 is 1.89 bits per heavy atom. The summed E-state index contributed by atoms with van der Waals surface area (Å²) in [4.78, 5) is 38.3. The van der Waals surface area contributed by atoms with E-state index in [9.17, 15) is 14.7 Å². The van der Waals surface area contributed by atoms with Gasteiger partial charge in [0.2, 0.25) is 5.78 Å². The molecule has 9 heteroatoms. The molecule has 1 N–H and O–H groups in total. The number of rotatable bonds is 6. The first-order chi connectivity index (χ1) is 17.2. The average molecular weight is 520 g/mol. The van der Waals surface area contributed by atoms with Gasteiger partial charge in [0.1, 0.15) is 5.75 Å². The summed E-state index contributed by atoms with van der Waals surface area (Å²) in [6.45, 7) is 9.93. The molecule has 1 atom stereocenters. The number of thiazole rings is 2. The normalized spacial score (nSPS) is 15.9. The molecule has 1 aliphatic rings. The van der Waals surface area contributed by atoms with Crippen molar-refractivity contribution < 1.29 is 19.4 Å². The summed E-state index contributed by atoms with van der Waals surface area (Å²) in [6, 6.07) is 10.5. The number of benzene rings is 2. The Morgan fingerprint density at radius 1 is 1.11 bits per heavy atom. The van der Waals surface area contributed by atoms with Gasteiger partial charge in [0, 0.05) is 0 Å². The van der Waals surface area contributed by atoms with E-state index in [1.165, 1.54) is 27.6 Å². The standard InChI is InChI=1S/C27H25N3O4S2/c1-6-34-18-9-7-8-17(12-18)22-20(23(31)25-15(4)28-16(5)35-25)24(32)26(33)30(22)27-29-21-14(3)10-13(2)11-19(21)36-27/h7-12,22,32H,6H2,1-5H3. The smallest absolute Gasteiger partial charge is 0.296 e. The van der Waals surface area contributed by atoms with Gasteiger partial charge in [0.15, 0.2) is 10.9 Å². The predicted octanol–water partition coefficient (Wildman–Crippen LogP) is 6.17. The van der Waals surface area contributed by atoms with E-state index in [1.54, 1.807) is 13.0 Å². The van der Waals surface area contributed by atoms with Gasteiger partial charge in [-0.05, 0) is 69.5 Å². The maximum atomic E-state index is 13.8. The molecule has 2 aromatic carbocycles. The van der Waals surface area contributed by atoms with Crippen LogP contribution >= 0.6 is 22.7 Å². The number of Topliss-reactive ketones (excluding diaryl/α,β-unsaturated/α-hetero) is 1. The van der Waals surface area contributed by atoms with Crippen molar-refractivity contribution in [3.8, 4) is 5.75 Å². The van der Waals surface area contributed by atoms with Crippen LogP contribution in [0.25, 0.3) is 10.2 Å². The second-order valence-corrected chi connectivity index (χ2v) is 11.0. The maximum absolute atomic E-state index is 13.8. The second-order valence-electron chi connectivity index (χ2n) is 8.75. The Hall–Kier alpha value is -3.56. The van der Waals surface area contributed by atoms with Crippen LogP contribution in [0, 0.1) is 27.7 Å². The van der Waals surface area contributed by atoms with Crippen molar-refractivity contribution in [1.82, 2.24) is 9.97 Å². The lowest BCUT2D eigenvalue weighted by atomic mass is 9.95. The monoisotopic (exact) mass is 519 g/mol. The Bertz CT molecular complexity index is 1570. The van der Waals surface area contributed by atoms with E-state index in [1.807, 2.05) is 58.0 Å². The zero-order chi connectivity index (χ0) is 25.7. The summed E-state index contributed by atoms with van der Waals surface area (Å²) < 4.78 is 6.63. The fraction of sp³-hybridized carbons (Fsp3) is 0.259. The molecule has 3 heterocycles. The molecule has 0 spiro atoms. The van der Waals surface area contributed by atoms with E-state index < -0.39 is 23.5 Å². The van der Waals surface area contributed by atoms with E-state index in [2.05, 4.69) is 4.98 Å². The number of anilines is 1. The minimum Gasteiger partial charge on any atom is -0.503 e. The summed E-state index contributed by atoms with van der Waals surface area (Å²) in [5.41, 5.74) is 4.13. The van der Waals surface area contributed by atoms with Crippen LogP contribution in [-0.4, -0.2) is 33.4 Å². The molecular formula is C27H25N3O4S2. The van der Waals surface area contributed by atoms with Gasteiger partial charge < -0.3 is 9.84 Å². The Labute approximate surface area is 216 Å². The number of nitrogens with zero attached hydrogens (tertiary/aromatic N) is 3. The van der Waals surface area contributed by atoms with E-state index in [0.29, 0.717) is 33.6 Å². The third kappa shape index (κ3) is 3.98. The molecule has 0 aliphatic carbocycles. The summed E-state index contributed by atoms with van der Waals surface area (Å²) >= 11 is 2.61. The number of fused-ring (bicyclic) bond motifs is 1. The van der Waals surface area contributed by atoms with Crippen LogP contribution < -0.4 is 9.64 Å². The second kappa shape index (κ2) is 9.15. The highest BCUT2D eigenvalue weighted by Gasteiger charge is 2.46. The molecule has 5 rings (SSSR count). The third-order valence-electron chi connectivity index (χ3n) is 6.07. The number of hydrogen-bond acceptors (Lipinski definition) is 8. The Balaban J connectivity index is 1.70. The number of ketones is 1. The molecule has 184 valence electrons. The minimum absolute atomic E-state index is 0.0209. The minimum atomic E-state index is -0.867. The van der Waals surface area contributed by atoms with E-state index in [-0.39, 0.29) is 5.57 Å². The van der Waals surface area contributed by atoms with Gasteiger partial charge in [-0.25, -0.2) is 9.97 Å². The Kier molecular flexibility index (Phi) is 6.13. The van der Waals surface area contributed by atoms with Crippen LogP contribution in [-0.2, 0) is 4.79 Å². The zero-order valence-electron chi connectivity index (χ0n) is 20.6. The first-order valence-corrected chi connectivity index (χ1v) is 13.2. The van der Waals surface area contributed by atoms with Crippen LogP contribution in [0.3, 0.4) is 0 Å². The number of carbonyl (C=O) groups is 2. The molecular weight excluding hydrogens is 494 g/mol. The lowest BCUT2D eigenvalue weighted by Gasteiger charge is -2.24. The van der Waals surface area contributed by atoms with Crippen molar-refractivity contribution in [2.45, 2.75) is 40.7 Å². The molecule has 0 fully saturated rings.